The molecule has 1 amide bonds. The maximum Gasteiger partial charge on any atom is 0.222 e. The highest BCUT2D eigenvalue weighted by Gasteiger charge is 2.19. The molecule has 0 atom stereocenters. The molecule has 0 aliphatic carbocycles. The van der Waals surface area contributed by atoms with E-state index in [0.717, 1.165) is 24.5 Å². The van der Waals surface area contributed by atoms with Crippen LogP contribution in [-0.2, 0) is 4.79 Å². The maximum atomic E-state index is 11.4. The lowest BCUT2D eigenvalue weighted by Crippen LogP contribution is -2.29. The van der Waals surface area contributed by atoms with Crippen LogP contribution in [0.2, 0.25) is 0 Å². The first-order chi connectivity index (χ1) is 8.79. The second-order valence-corrected chi connectivity index (χ2v) is 4.24. The molecule has 18 heavy (non-hydrogen) atoms. The Morgan fingerprint density at radius 3 is 2.72 bits per heavy atom. The van der Waals surface area contributed by atoms with E-state index >= 15 is 0 Å². The van der Waals surface area contributed by atoms with Crippen molar-refractivity contribution in [2.45, 2.75) is 19.8 Å². The molecule has 1 saturated heterocycles. The summed E-state index contributed by atoms with van der Waals surface area (Å²) >= 11 is 0. The summed E-state index contributed by atoms with van der Waals surface area (Å²) in [5, 5.41) is 0. The second kappa shape index (κ2) is 6.28. The molecule has 1 aromatic carbocycles. The van der Waals surface area contributed by atoms with Crippen LogP contribution in [0.3, 0.4) is 0 Å². The van der Waals surface area contributed by atoms with Gasteiger partial charge in [0.25, 0.3) is 0 Å². The highest BCUT2D eigenvalue weighted by Crippen LogP contribution is 2.19. The summed E-state index contributed by atoms with van der Waals surface area (Å²) in [6.07, 6.45) is 1.65. The molecular formula is C14H19NO3. The van der Waals surface area contributed by atoms with Gasteiger partial charge in [0.15, 0.2) is 0 Å². The lowest BCUT2D eigenvalue weighted by atomic mass is 10.3. The van der Waals surface area contributed by atoms with E-state index in [1.165, 1.54) is 0 Å². The molecule has 1 fully saturated rings. The van der Waals surface area contributed by atoms with Crippen molar-refractivity contribution in [2.75, 3.05) is 26.3 Å². The summed E-state index contributed by atoms with van der Waals surface area (Å²) in [5.74, 6) is 1.83. The average Bonchev–Trinajstić information content (AvgIpc) is 2.76. The van der Waals surface area contributed by atoms with Crippen molar-refractivity contribution < 1.29 is 14.3 Å². The lowest BCUT2D eigenvalue weighted by Gasteiger charge is -2.16. The number of hydrogen-bond donors (Lipinski definition) is 0. The van der Waals surface area contributed by atoms with Crippen molar-refractivity contribution in [3.63, 3.8) is 0 Å². The zero-order valence-corrected chi connectivity index (χ0v) is 10.7. The standard InChI is InChI=1S/C14H19NO3/c1-2-17-12-5-3-6-13(11-12)18-10-9-15-8-4-7-14(15)16/h3,5-6,11H,2,4,7-10H2,1H3. The average molecular weight is 249 g/mol. The highest BCUT2D eigenvalue weighted by molar-refractivity contribution is 5.78. The van der Waals surface area contributed by atoms with E-state index in [9.17, 15) is 4.79 Å². The van der Waals surface area contributed by atoms with Gasteiger partial charge in [-0.1, -0.05) is 6.07 Å². The summed E-state index contributed by atoms with van der Waals surface area (Å²) in [7, 11) is 0. The van der Waals surface area contributed by atoms with Crippen molar-refractivity contribution in [2.24, 2.45) is 0 Å². The molecule has 2 rings (SSSR count). The third kappa shape index (κ3) is 3.39. The summed E-state index contributed by atoms with van der Waals surface area (Å²) < 4.78 is 11.0. The zero-order chi connectivity index (χ0) is 12.8. The fourth-order valence-electron chi connectivity index (χ4n) is 2.03. The van der Waals surface area contributed by atoms with E-state index in [0.29, 0.717) is 26.2 Å². The Morgan fingerprint density at radius 2 is 2.06 bits per heavy atom. The van der Waals surface area contributed by atoms with Crippen molar-refractivity contribution in [1.82, 2.24) is 4.90 Å². The predicted octanol–water partition coefficient (Wildman–Crippen LogP) is 2.09. The van der Waals surface area contributed by atoms with Crippen LogP contribution in [0.1, 0.15) is 19.8 Å². The van der Waals surface area contributed by atoms with Gasteiger partial charge < -0.3 is 14.4 Å². The van der Waals surface area contributed by atoms with Gasteiger partial charge in [0.05, 0.1) is 13.2 Å². The van der Waals surface area contributed by atoms with E-state index < -0.39 is 0 Å². The van der Waals surface area contributed by atoms with E-state index in [1.807, 2.05) is 36.1 Å². The molecule has 0 saturated carbocycles. The van der Waals surface area contributed by atoms with Crippen LogP contribution in [-0.4, -0.2) is 37.1 Å². The molecule has 0 bridgehead atoms. The van der Waals surface area contributed by atoms with Crippen LogP contribution in [0.25, 0.3) is 0 Å². The number of hydrogen-bond acceptors (Lipinski definition) is 3. The van der Waals surface area contributed by atoms with Crippen molar-refractivity contribution in [3.8, 4) is 11.5 Å². The van der Waals surface area contributed by atoms with Crippen molar-refractivity contribution in [1.29, 1.82) is 0 Å². The lowest BCUT2D eigenvalue weighted by molar-refractivity contribution is -0.128. The van der Waals surface area contributed by atoms with Gasteiger partial charge in [-0.3, -0.25) is 4.79 Å². The van der Waals surface area contributed by atoms with Crippen molar-refractivity contribution in [3.05, 3.63) is 24.3 Å². The fourth-order valence-corrected chi connectivity index (χ4v) is 2.03. The summed E-state index contributed by atoms with van der Waals surface area (Å²) in [5.41, 5.74) is 0. The van der Waals surface area contributed by atoms with Gasteiger partial charge in [0.2, 0.25) is 5.91 Å². The van der Waals surface area contributed by atoms with Gasteiger partial charge in [-0.25, -0.2) is 0 Å². The van der Waals surface area contributed by atoms with Crippen molar-refractivity contribution >= 4 is 5.91 Å². The minimum absolute atomic E-state index is 0.238. The minimum Gasteiger partial charge on any atom is -0.494 e. The van der Waals surface area contributed by atoms with Crippen LogP contribution < -0.4 is 9.47 Å². The molecule has 0 spiro atoms. The Kier molecular flexibility index (Phi) is 4.45. The number of rotatable bonds is 6. The molecule has 0 aromatic heterocycles. The second-order valence-electron chi connectivity index (χ2n) is 4.24. The Morgan fingerprint density at radius 1 is 1.28 bits per heavy atom. The van der Waals surface area contributed by atoms with Crippen LogP contribution in [0.15, 0.2) is 24.3 Å². The number of benzene rings is 1. The molecule has 98 valence electrons. The SMILES string of the molecule is CCOc1cccc(OCCN2CCCC2=O)c1. The van der Waals surface area contributed by atoms with Crippen LogP contribution in [0, 0.1) is 0 Å². The number of likely N-dealkylation sites (tertiary alicyclic amines) is 1. The van der Waals surface area contributed by atoms with Gasteiger partial charge in [0, 0.05) is 19.0 Å². The molecule has 1 aliphatic heterocycles. The largest absolute Gasteiger partial charge is 0.494 e. The van der Waals surface area contributed by atoms with Crippen LogP contribution in [0.4, 0.5) is 0 Å². The van der Waals surface area contributed by atoms with Gasteiger partial charge in [-0.05, 0) is 25.5 Å². The summed E-state index contributed by atoms with van der Waals surface area (Å²) in [6, 6.07) is 7.57. The van der Waals surface area contributed by atoms with Crippen LogP contribution in [0.5, 0.6) is 11.5 Å². The molecule has 1 aromatic rings. The Hall–Kier alpha value is -1.71. The molecule has 0 N–H and O–H groups in total. The van der Waals surface area contributed by atoms with Gasteiger partial charge in [0.1, 0.15) is 18.1 Å². The Balaban J connectivity index is 1.79. The normalized spacial score (nSPS) is 14.9. The monoisotopic (exact) mass is 249 g/mol. The highest BCUT2D eigenvalue weighted by atomic mass is 16.5. The topological polar surface area (TPSA) is 38.8 Å². The molecular weight excluding hydrogens is 230 g/mol. The van der Waals surface area contributed by atoms with E-state index in [-0.39, 0.29) is 5.91 Å². The Labute approximate surface area is 107 Å². The smallest absolute Gasteiger partial charge is 0.222 e. The quantitative estimate of drug-likeness (QED) is 0.775. The minimum atomic E-state index is 0.238. The third-order valence-corrected chi connectivity index (χ3v) is 2.92. The van der Waals surface area contributed by atoms with E-state index in [2.05, 4.69) is 0 Å². The van der Waals surface area contributed by atoms with Gasteiger partial charge in [-0.2, -0.15) is 0 Å². The number of carbonyl (C=O) groups excluding carboxylic acids is 1. The number of ether oxygens (including phenoxy) is 2. The molecule has 4 heteroatoms. The first-order valence-electron chi connectivity index (χ1n) is 6.43. The maximum absolute atomic E-state index is 11.4. The molecule has 0 radical (unpaired) electrons. The number of carbonyl (C=O) groups is 1. The zero-order valence-electron chi connectivity index (χ0n) is 10.7. The fraction of sp³-hybridized carbons (Fsp3) is 0.500. The summed E-state index contributed by atoms with van der Waals surface area (Å²) in [6.45, 7) is 4.65. The van der Waals surface area contributed by atoms with Gasteiger partial charge >= 0.3 is 0 Å². The molecule has 1 aliphatic rings. The molecule has 0 unspecified atom stereocenters. The van der Waals surface area contributed by atoms with E-state index in [1.54, 1.807) is 0 Å². The number of nitrogens with zero attached hydrogens (tertiary/aromatic N) is 1. The molecule has 1 heterocycles. The summed E-state index contributed by atoms with van der Waals surface area (Å²) in [4.78, 5) is 13.3. The third-order valence-electron chi connectivity index (χ3n) is 2.92. The molecule has 4 nitrogen and oxygen atoms in total. The first kappa shape index (κ1) is 12.7. The van der Waals surface area contributed by atoms with Gasteiger partial charge in [-0.15, -0.1) is 0 Å². The number of amides is 1. The van der Waals surface area contributed by atoms with E-state index in [4.69, 9.17) is 9.47 Å². The predicted molar refractivity (Wildman–Crippen MR) is 68.9 cm³/mol. The Bertz CT molecular complexity index is 406. The first-order valence-corrected chi connectivity index (χ1v) is 6.43. The van der Waals surface area contributed by atoms with Crippen LogP contribution >= 0.6 is 0 Å².